The summed E-state index contributed by atoms with van der Waals surface area (Å²) in [4.78, 5) is 28.6. The number of thiophene rings is 1. The van der Waals surface area contributed by atoms with Gasteiger partial charge in [0.05, 0.1) is 36.4 Å². The van der Waals surface area contributed by atoms with Gasteiger partial charge in [-0.25, -0.2) is 0 Å². The third-order valence-corrected chi connectivity index (χ3v) is 6.72. The molecule has 33 heavy (non-hydrogen) atoms. The van der Waals surface area contributed by atoms with Gasteiger partial charge in [0.15, 0.2) is 0 Å². The van der Waals surface area contributed by atoms with Crippen molar-refractivity contribution in [3.8, 4) is 11.5 Å². The third kappa shape index (κ3) is 4.21. The van der Waals surface area contributed by atoms with Crippen LogP contribution >= 0.6 is 22.9 Å². The van der Waals surface area contributed by atoms with Gasteiger partial charge in [-0.2, -0.15) is 0 Å². The molecule has 8 heteroatoms. The molecule has 1 aliphatic rings. The molecule has 0 spiro atoms. The van der Waals surface area contributed by atoms with E-state index in [2.05, 4.69) is 0 Å². The van der Waals surface area contributed by atoms with Crippen LogP contribution in [0.4, 0.5) is 0 Å². The van der Waals surface area contributed by atoms with Crippen LogP contribution < -0.4 is 9.47 Å². The lowest BCUT2D eigenvalue weighted by Crippen LogP contribution is -2.28. The molecule has 1 saturated heterocycles. The molecule has 6 nitrogen and oxygen atoms in total. The van der Waals surface area contributed by atoms with E-state index in [1.54, 1.807) is 31.4 Å². The first-order valence-electron chi connectivity index (χ1n) is 10.1. The van der Waals surface area contributed by atoms with Gasteiger partial charge in [0.1, 0.15) is 17.3 Å². The number of ether oxygens (including phenoxy) is 2. The molecule has 0 bridgehead atoms. The molecule has 3 aromatic rings. The zero-order valence-corrected chi connectivity index (χ0v) is 19.9. The predicted molar refractivity (Wildman–Crippen MR) is 128 cm³/mol. The van der Waals surface area contributed by atoms with Crippen molar-refractivity contribution in [1.82, 2.24) is 4.90 Å². The second-order valence-electron chi connectivity index (χ2n) is 7.62. The standard InChI is InChI=1S/C25H22ClNO5S/c1-14-11-17(24(32-3)18(26)12-14)22(28)20-21(19-5-4-10-33-19)27(25(30)23(20)29)13-15-6-8-16(31-2)9-7-15/h4-12,21,28H,13H2,1-3H3/b22-20-. The highest BCUT2D eigenvalue weighted by Crippen LogP contribution is 2.44. The van der Waals surface area contributed by atoms with Crippen molar-refractivity contribution in [1.29, 1.82) is 0 Å². The zero-order valence-electron chi connectivity index (χ0n) is 18.3. The molecule has 0 aliphatic carbocycles. The fourth-order valence-corrected chi connectivity index (χ4v) is 5.17. The number of hydrogen-bond acceptors (Lipinski definition) is 6. The number of carbonyl (C=O) groups is 2. The Bertz CT molecular complexity index is 1230. The number of nitrogens with zero attached hydrogens (tertiary/aromatic N) is 1. The zero-order chi connectivity index (χ0) is 23.7. The maximum Gasteiger partial charge on any atom is 0.295 e. The fraction of sp³-hybridized carbons (Fsp3) is 0.200. The second kappa shape index (κ2) is 9.29. The van der Waals surface area contributed by atoms with Gasteiger partial charge >= 0.3 is 0 Å². The Balaban J connectivity index is 1.86. The smallest absolute Gasteiger partial charge is 0.295 e. The number of benzene rings is 2. The van der Waals surface area contributed by atoms with Crippen LogP contribution in [0.3, 0.4) is 0 Å². The molecule has 1 atom stereocenters. The highest BCUT2D eigenvalue weighted by atomic mass is 35.5. The summed E-state index contributed by atoms with van der Waals surface area (Å²) >= 11 is 7.73. The quantitative estimate of drug-likeness (QED) is 0.290. The van der Waals surface area contributed by atoms with Gasteiger partial charge in [0, 0.05) is 11.4 Å². The van der Waals surface area contributed by atoms with Crippen LogP contribution in [0.1, 0.15) is 27.6 Å². The number of aryl methyl sites for hydroxylation is 1. The number of aliphatic hydroxyl groups is 1. The minimum atomic E-state index is -0.751. The fourth-order valence-electron chi connectivity index (χ4n) is 3.97. The molecule has 170 valence electrons. The Hall–Kier alpha value is -3.29. The molecule has 0 radical (unpaired) electrons. The molecule has 2 aromatic carbocycles. The Morgan fingerprint density at radius 3 is 2.45 bits per heavy atom. The summed E-state index contributed by atoms with van der Waals surface area (Å²) in [6.07, 6.45) is 0. The number of aliphatic hydroxyl groups excluding tert-OH is 1. The monoisotopic (exact) mass is 483 g/mol. The Morgan fingerprint density at radius 2 is 1.85 bits per heavy atom. The van der Waals surface area contributed by atoms with Crippen LogP contribution in [0, 0.1) is 6.92 Å². The van der Waals surface area contributed by atoms with E-state index in [1.807, 2.05) is 36.6 Å². The number of methoxy groups -OCH3 is 2. The van der Waals surface area contributed by atoms with E-state index < -0.39 is 17.7 Å². The molecule has 2 heterocycles. The van der Waals surface area contributed by atoms with Gasteiger partial charge in [0.25, 0.3) is 11.7 Å². The molecule has 1 N–H and O–H groups in total. The van der Waals surface area contributed by atoms with Gasteiger partial charge in [-0.3, -0.25) is 9.59 Å². The number of carbonyl (C=O) groups excluding carboxylic acids is 2. The number of likely N-dealkylation sites (tertiary alicyclic amines) is 1. The lowest BCUT2D eigenvalue weighted by Gasteiger charge is -2.24. The van der Waals surface area contributed by atoms with Gasteiger partial charge in [0.2, 0.25) is 0 Å². The highest BCUT2D eigenvalue weighted by Gasteiger charge is 2.46. The molecule has 4 rings (SSSR count). The van der Waals surface area contributed by atoms with Crippen molar-refractivity contribution in [2.75, 3.05) is 14.2 Å². The summed E-state index contributed by atoms with van der Waals surface area (Å²) in [5, 5.41) is 13.5. The van der Waals surface area contributed by atoms with Crippen molar-refractivity contribution in [2.24, 2.45) is 0 Å². The van der Waals surface area contributed by atoms with E-state index in [9.17, 15) is 14.7 Å². The molecule has 1 aliphatic heterocycles. The van der Waals surface area contributed by atoms with Crippen LogP contribution in [0.15, 0.2) is 59.5 Å². The number of rotatable bonds is 6. The average Bonchev–Trinajstić information content (AvgIpc) is 3.41. The normalized spacial score (nSPS) is 17.5. The molecule has 1 unspecified atom stereocenters. The van der Waals surface area contributed by atoms with Crippen LogP contribution in [0.25, 0.3) is 5.76 Å². The average molecular weight is 484 g/mol. The topological polar surface area (TPSA) is 76.1 Å². The second-order valence-corrected chi connectivity index (χ2v) is 9.00. The van der Waals surface area contributed by atoms with E-state index in [-0.39, 0.29) is 29.2 Å². The summed E-state index contributed by atoms with van der Waals surface area (Å²) in [6.45, 7) is 2.01. The summed E-state index contributed by atoms with van der Waals surface area (Å²) in [6, 6.07) is 13.6. The van der Waals surface area contributed by atoms with E-state index in [4.69, 9.17) is 21.1 Å². The van der Waals surface area contributed by atoms with Gasteiger partial charge in [-0.15, -0.1) is 11.3 Å². The van der Waals surface area contributed by atoms with Crippen molar-refractivity contribution < 1.29 is 24.2 Å². The largest absolute Gasteiger partial charge is 0.507 e. The highest BCUT2D eigenvalue weighted by molar-refractivity contribution is 7.10. The first-order valence-corrected chi connectivity index (χ1v) is 11.4. The number of ketones is 1. The van der Waals surface area contributed by atoms with E-state index in [0.717, 1.165) is 16.0 Å². The first kappa shape index (κ1) is 22.9. The van der Waals surface area contributed by atoms with Crippen molar-refractivity contribution in [2.45, 2.75) is 19.5 Å². The predicted octanol–water partition coefficient (Wildman–Crippen LogP) is 5.35. The molecule has 1 aromatic heterocycles. The molecule has 0 saturated carbocycles. The lowest BCUT2D eigenvalue weighted by atomic mass is 9.98. The van der Waals surface area contributed by atoms with E-state index in [1.165, 1.54) is 23.3 Å². The van der Waals surface area contributed by atoms with Crippen LogP contribution in [-0.4, -0.2) is 35.9 Å². The maximum absolute atomic E-state index is 13.2. The van der Waals surface area contributed by atoms with E-state index >= 15 is 0 Å². The summed E-state index contributed by atoms with van der Waals surface area (Å²) in [7, 11) is 3.02. The van der Waals surface area contributed by atoms with Crippen LogP contribution in [-0.2, 0) is 16.1 Å². The van der Waals surface area contributed by atoms with Crippen LogP contribution in [0.5, 0.6) is 11.5 Å². The molecule has 1 fully saturated rings. The first-order chi connectivity index (χ1) is 15.8. The Kier molecular flexibility index (Phi) is 6.44. The minimum Gasteiger partial charge on any atom is -0.507 e. The molecular weight excluding hydrogens is 462 g/mol. The van der Waals surface area contributed by atoms with Crippen molar-refractivity contribution in [3.05, 3.63) is 86.1 Å². The third-order valence-electron chi connectivity index (χ3n) is 5.51. The Morgan fingerprint density at radius 1 is 1.12 bits per heavy atom. The van der Waals surface area contributed by atoms with Crippen molar-refractivity contribution >= 4 is 40.4 Å². The maximum atomic E-state index is 13.2. The van der Waals surface area contributed by atoms with Gasteiger partial charge < -0.3 is 19.5 Å². The Labute approximate surface area is 200 Å². The van der Waals surface area contributed by atoms with Crippen LogP contribution in [0.2, 0.25) is 5.02 Å². The van der Waals surface area contributed by atoms with Crippen molar-refractivity contribution in [3.63, 3.8) is 0 Å². The van der Waals surface area contributed by atoms with Gasteiger partial charge in [-0.1, -0.05) is 29.8 Å². The summed E-state index contributed by atoms with van der Waals surface area (Å²) < 4.78 is 10.6. The molecule has 1 amide bonds. The summed E-state index contributed by atoms with van der Waals surface area (Å²) in [5.74, 6) is -0.806. The number of hydrogen-bond donors (Lipinski definition) is 1. The SMILES string of the molecule is COc1ccc(CN2C(=O)C(=O)/C(=C(\O)c3cc(C)cc(Cl)c3OC)C2c2cccs2)cc1. The summed E-state index contributed by atoms with van der Waals surface area (Å²) in [5.41, 5.74) is 1.89. The lowest BCUT2D eigenvalue weighted by molar-refractivity contribution is -0.140. The number of amides is 1. The number of halogens is 1. The minimum absolute atomic E-state index is 0.0101. The van der Waals surface area contributed by atoms with Gasteiger partial charge in [-0.05, 0) is 53.8 Å². The number of Topliss-reactive ketones (excluding diaryl/α,β-unsaturated/α-hetero) is 1. The van der Waals surface area contributed by atoms with E-state index in [0.29, 0.717) is 10.8 Å². The molecular formula is C25H22ClNO5S.